The largest absolute Gasteiger partial charge is 0.359 e. The van der Waals surface area contributed by atoms with Crippen molar-refractivity contribution in [2.24, 2.45) is 0 Å². The van der Waals surface area contributed by atoms with Crippen LogP contribution in [0.15, 0.2) is 53.0 Å². The Labute approximate surface area is 184 Å². The molecule has 2 aliphatic heterocycles. The van der Waals surface area contributed by atoms with Crippen LogP contribution < -0.4 is 15.5 Å². The van der Waals surface area contributed by atoms with Gasteiger partial charge in [-0.05, 0) is 56.3 Å². The fourth-order valence-corrected chi connectivity index (χ4v) is 4.69. The number of urea groups is 1. The third-order valence-corrected chi connectivity index (χ3v) is 6.35. The van der Waals surface area contributed by atoms with E-state index in [-0.39, 0.29) is 6.04 Å². The molecule has 2 atom stereocenters. The van der Waals surface area contributed by atoms with Crippen LogP contribution >= 0.6 is 15.9 Å². The van der Waals surface area contributed by atoms with E-state index in [1.54, 1.807) is 42.5 Å². The van der Waals surface area contributed by atoms with Crippen LogP contribution in [0.3, 0.4) is 0 Å². The minimum absolute atomic E-state index is 0.229. The minimum atomic E-state index is -2.18. The molecule has 3 N–H and O–H groups in total. The molecule has 2 aliphatic rings. The Morgan fingerprint density at radius 2 is 2.07 bits per heavy atom. The van der Waals surface area contributed by atoms with Crippen molar-refractivity contribution in [3.05, 3.63) is 58.6 Å². The predicted octanol–water partition coefficient (Wildman–Crippen LogP) is 3.25. The third-order valence-electron chi connectivity index (χ3n) is 5.86. The third kappa shape index (κ3) is 3.59. The smallest absolute Gasteiger partial charge is 0.329 e. The van der Waals surface area contributed by atoms with E-state index in [2.05, 4.69) is 38.4 Å². The van der Waals surface area contributed by atoms with E-state index >= 15 is 0 Å². The molecule has 0 bridgehead atoms. The number of fused-ring (bicyclic) bond motifs is 1. The lowest BCUT2D eigenvalue weighted by atomic mass is 9.94. The second kappa shape index (κ2) is 8.37. The lowest BCUT2D eigenvalue weighted by Gasteiger charge is -2.43. The van der Waals surface area contributed by atoms with Gasteiger partial charge in [0.05, 0.1) is 5.69 Å². The van der Waals surface area contributed by atoms with E-state index in [0.29, 0.717) is 28.0 Å². The van der Waals surface area contributed by atoms with Crippen LogP contribution in [0.25, 0.3) is 0 Å². The van der Waals surface area contributed by atoms with Crippen molar-refractivity contribution >= 4 is 39.2 Å². The summed E-state index contributed by atoms with van der Waals surface area (Å²) in [6, 6.07) is 13.5. The number of hydrogen-bond donors (Lipinski definition) is 3. The minimum Gasteiger partial charge on any atom is -0.359 e. The summed E-state index contributed by atoms with van der Waals surface area (Å²) in [6.45, 7) is 4.45. The maximum absolute atomic E-state index is 13.5. The molecule has 2 aromatic rings. The van der Waals surface area contributed by atoms with E-state index in [0.717, 1.165) is 30.8 Å². The Hall–Kier alpha value is -2.42. The summed E-state index contributed by atoms with van der Waals surface area (Å²) in [5, 5.41) is 17.5. The van der Waals surface area contributed by atoms with Gasteiger partial charge in [-0.2, -0.15) is 0 Å². The van der Waals surface area contributed by atoms with Gasteiger partial charge < -0.3 is 15.7 Å². The number of carbonyl (C=O) groups excluding carboxylic acids is 2. The van der Waals surface area contributed by atoms with Gasteiger partial charge in [0.15, 0.2) is 0 Å². The van der Waals surface area contributed by atoms with E-state index in [1.165, 1.54) is 0 Å². The number of para-hydroxylation sites is 1. The Bertz CT molecular complexity index is 955. The molecule has 0 spiro atoms. The van der Waals surface area contributed by atoms with Gasteiger partial charge in [0.25, 0.3) is 11.6 Å². The number of likely N-dealkylation sites (N-methyl/N-ethyl adjacent to an activating group) is 1. The van der Waals surface area contributed by atoms with E-state index < -0.39 is 17.7 Å². The molecule has 4 rings (SSSR count). The van der Waals surface area contributed by atoms with Gasteiger partial charge in [0.1, 0.15) is 0 Å². The molecule has 1 fully saturated rings. The van der Waals surface area contributed by atoms with Gasteiger partial charge in [-0.25, -0.2) is 4.79 Å². The van der Waals surface area contributed by atoms with Crippen LogP contribution in [0.1, 0.15) is 25.3 Å². The van der Waals surface area contributed by atoms with Crippen LogP contribution in [0.2, 0.25) is 0 Å². The summed E-state index contributed by atoms with van der Waals surface area (Å²) < 4.78 is 0.699. The number of carbonyl (C=O) groups is 2. The quantitative estimate of drug-likeness (QED) is 0.623. The fraction of sp³-hybridized carbons (Fsp3) is 0.364. The van der Waals surface area contributed by atoms with Gasteiger partial charge in [-0.15, -0.1) is 0 Å². The summed E-state index contributed by atoms with van der Waals surface area (Å²) in [5.74, 6) is -0.622. The number of aliphatic hydroxyl groups is 1. The predicted molar refractivity (Wildman–Crippen MR) is 119 cm³/mol. The SMILES string of the molecule is CCN1CCC[C@H]1CNC(=O)[C@@]1(O)c2cc(Br)ccc2NC(=O)N1c1ccccc1. The van der Waals surface area contributed by atoms with Crippen molar-refractivity contribution in [1.29, 1.82) is 0 Å². The zero-order valence-electron chi connectivity index (χ0n) is 16.8. The summed E-state index contributed by atoms with van der Waals surface area (Å²) >= 11 is 3.41. The van der Waals surface area contributed by atoms with Crippen LogP contribution in [0.5, 0.6) is 0 Å². The summed E-state index contributed by atoms with van der Waals surface area (Å²) in [7, 11) is 0. The summed E-state index contributed by atoms with van der Waals surface area (Å²) in [5.41, 5.74) is -1.03. The zero-order chi connectivity index (χ0) is 21.3. The standard InChI is InChI=1S/C22H25BrN4O3/c1-2-26-12-6-9-17(26)14-24-20(28)22(30)18-13-15(23)10-11-19(18)25-21(29)27(22)16-7-4-3-5-8-16/h3-5,7-8,10-11,13,17,30H,2,6,9,12,14H2,1H3,(H,24,28)(H,25,29)/t17-,22-/m0/s1. The molecule has 1 saturated heterocycles. The molecule has 2 heterocycles. The number of nitrogens with one attached hydrogen (secondary N) is 2. The number of benzene rings is 2. The first-order valence-corrected chi connectivity index (χ1v) is 11.0. The van der Waals surface area contributed by atoms with Crippen molar-refractivity contribution < 1.29 is 14.7 Å². The lowest BCUT2D eigenvalue weighted by molar-refractivity contribution is -0.140. The number of likely N-dealkylation sites (tertiary alicyclic amines) is 1. The highest BCUT2D eigenvalue weighted by atomic mass is 79.9. The van der Waals surface area contributed by atoms with E-state index in [4.69, 9.17) is 0 Å². The Morgan fingerprint density at radius 1 is 1.30 bits per heavy atom. The number of hydrogen-bond acceptors (Lipinski definition) is 4. The van der Waals surface area contributed by atoms with E-state index in [1.807, 2.05) is 6.07 Å². The summed E-state index contributed by atoms with van der Waals surface area (Å²) in [6.07, 6.45) is 2.09. The molecule has 0 saturated carbocycles. The first-order chi connectivity index (χ1) is 14.4. The molecular formula is C22H25BrN4O3. The highest BCUT2D eigenvalue weighted by Crippen LogP contribution is 2.41. The van der Waals surface area contributed by atoms with Crippen LogP contribution in [-0.4, -0.2) is 47.6 Å². The second-order valence-corrected chi connectivity index (χ2v) is 8.51. The molecule has 3 amide bonds. The van der Waals surface area contributed by atoms with Crippen LogP contribution in [-0.2, 0) is 10.5 Å². The van der Waals surface area contributed by atoms with Gasteiger partial charge in [0.2, 0.25) is 0 Å². The molecule has 0 aromatic heterocycles. The zero-order valence-corrected chi connectivity index (χ0v) is 18.4. The van der Waals surface area contributed by atoms with Crippen molar-refractivity contribution in [3.63, 3.8) is 0 Å². The molecule has 158 valence electrons. The molecule has 0 unspecified atom stereocenters. The van der Waals surface area contributed by atoms with Crippen LogP contribution in [0.4, 0.5) is 16.2 Å². The van der Waals surface area contributed by atoms with Gasteiger partial charge in [0, 0.05) is 28.3 Å². The average molecular weight is 473 g/mol. The normalized spacial score (nSPS) is 23.8. The average Bonchev–Trinajstić information content (AvgIpc) is 3.21. The topological polar surface area (TPSA) is 84.9 Å². The number of anilines is 2. The molecule has 0 radical (unpaired) electrons. The van der Waals surface area contributed by atoms with Gasteiger partial charge in [-0.3, -0.25) is 14.6 Å². The molecule has 8 heteroatoms. The fourth-order valence-electron chi connectivity index (χ4n) is 4.33. The summed E-state index contributed by atoms with van der Waals surface area (Å²) in [4.78, 5) is 29.9. The molecule has 7 nitrogen and oxygen atoms in total. The van der Waals surface area contributed by atoms with Gasteiger partial charge >= 0.3 is 6.03 Å². The second-order valence-electron chi connectivity index (χ2n) is 7.60. The number of nitrogens with zero attached hydrogens (tertiary/aromatic N) is 2. The van der Waals surface area contributed by atoms with Crippen molar-refractivity contribution in [3.8, 4) is 0 Å². The number of halogens is 1. The number of amides is 3. The Kier molecular flexibility index (Phi) is 5.81. The van der Waals surface area contributed by atoms with Crippen molar-refractivity contribution in [2.45, 2.75) is 31.5 Å². The molecule has 2 aromatic carbocycles. The molecule has 0 aliphatic carbocycles. The lowest BCUT2D eigenvalue weighted by Crippen LogP contribution is -2.63. The monoisotopic (exact) mass is 472 g/mol. The Morgan fingerprint density at radius 3 is 2.80 bits per heavy atom. The van der Waals surface area contributed by atoms with Crippen molar-refractivity contribution in [1.82, 2.24) is 10.2 Å². The van der Waals surface area contributed by atoms with Gasteiger partial charge in [-0.1, -0.05) is 41.1 Å². The number of rotatable bonds is 5. The first-order valence-electron chi connectivity index (χ1n) is 10.2. The van der Waals surface area contributed by atoms with Crippen molar-refractivity contribution in [2.75, 3.05) is 29.9 Å². The maximum atomic E-state index is 13.5. The highest BCUT2D eigenvalue weighted by molar-refractivity contribution is 9.10. The first kappa shape index (κ1) is 20.8. The highest BCUT2D eigenvalue weighted by Gasteiger charge is 2.52. The Balaban J connectivity index is 1.72. The van der Waals surface area contributed by atoms with Crippen LogP contribution in [0, 0.1) is 0 Å². The maximum Gasteiger partial charge on any atom is 0.329 e. The molecule has 30 heavy (non-hydrogen) atoms. The molecular weight excluding hydrogens is 448 g/mol. The van der Waals surface area contributed by atoms with E-state index in [9.17, 15) is 14.7 Å².